The number of aliphatic hydroxyl groups is 4. The second-order valence-electron chi connectivity index (χ2n) is 10.3. The second kappa shape index (κ2) is 11.3. The predicted molar refractivity (Wildman–Crippen MR) is 121 cm³/mol. The van der Waals surface area contributed by atoms with E-state index >= 15 is 0 Å². The maximum Gasteiger partial charge on any atom is 0.185 e. The highest BCUT2D eigenvalue weighted by molar-refractivity contribution is 5.06. The number of ether oxygens (including phenoxy) is 4. The van der Waals surface area contributed by atoms with Gasteiger partial charge < -0.3 is 66.8 Å². The normalized spacial score (nSPS) is 50.5. The number of nitrogens with zero attached hydrogens (tertiary/aromatic N) is 1. The van der Waals surface area contributed by atoms with Crippen LogP contribution < -0.4 is 22.5 Å². The van der Waals surface area contributed by atoms with E-state index in [9.17, 15) is 20.4 Å². The predicted octanol–water partition coefficient (Wildman–Crippen LogP) is -4.40. The Kier molecular flexibility index (Phi) is 9.29. The zero-order valence-corrected chi connectivity index (χ0v) is 20.4. The lowest BCUT2D eigenvalue weighted by molar-refractivity contribution is -0.312. The molecule has 0 radical (unpaired) electrons. The second-order valence-corrected chi connectivity index (χ2v) is 10.3. The molecule has 3 rings (SSSR count). The molecule has 1 saturated carbocycles. The van der Waals surface area contributed by atoms with E-state index in [-0.39, 0.29) is 12.7 Å². The average Bonchev–Trinajstić information content (AvgIpc) is 2.76. The van der Waals surface area contributed by atoms with Gasteiger partial charge in [-0.2, -0.15) is 0 Å². The van der Waals surface area contributed by atoms with Crippen LogP contribution in [0, 0.1) is 0 Å². The number of likely N-dealkylation sites (N-methyl/N-ethyl adjacent to an activating group) is 2. The molecule has 34 heavy (non-hydrogen) atoms. The highest BCUT2D eigenvalue weighted by Gasteiger charge is 2.53. The first-order chi connectivity index (χ1) is 15.9. The van der Waals surface area contributed by atoms with Crippen molar-refractivity contribution in [2.75, 3.05) is 34.3 Å². The van der Waals surface area contributed by atoms with Crippen LogP contribution in [0.1, 0.15) is 19.8 Å². The smallest absolute Gasteiger partial charge is 0.185 e. The zero-order chi connectivity index (χ0) is 25.4. The number of rotatable bonds is 7. The van der Waals surface area contributed by atoms with Crippen LogP contribution in [0.25, 0.3) is 0 Å². The minimum absolute atomic E-state index is 0.104. The van der Waals surface area contributed by atoms with Crippen LogP contribution in [0.2, 0.25) is 0 Å². The molecule has 2 heterocycles. The van der Waals surface area contributed by atoms with E-state index in [1.165, 1.54) is 6.92 Å². The van der Waals surface area contributed by atoms with Crippen LogP contribution in [0.5, 0.6) is 0 Å². The Bertz CT molecular complexity index is 661. The molecule has 0 aromatic rings. The fourth-order valence-corrected chi connectivity index (χ4v) is 5.05. The number of hydrogen-bond donors (Lipinski definition) is 8. The van der Waals surface area contributed by atoms with Gasteiger partial charge in [-0.3, -0.25) is 0 Å². The molecule has 13 unspecified atom stereocenters. The third-order valence-electron chi connectivity index (χ3n) is 7.01. The van der Waals surface area contributed by atoms with Gasteiger partial charge in [0.25, 0.3) is 0 Å². The first-order valence-corrected chi connectivity index (χ1v) is 11.8. The molecule has 13 heteroatoms. The summed E-state index contributed by atoms with van der Waals surface area (Å²) < 4.78 is 23.4. The van der Waals surface area contributed by atoms with E-state index in [0.29, 0.717) is 13.0 Å². The van der Waals surface area contributed by atoms with E-state index < -0.39 is 72.9 Å². The van der Waals surface area contributed by atoms with E-state index in [2.05, 4.69) is 5.32 Å². The Labute approximate surface area is 200 Å². The van der Waals surface area contributed by atoms with Crippen molar-refractivity contribution in [3.8, 4) is 0 Å². The number of nitrogens with two attached hydrogens (primary N) is 3. The lowest BCUT2D eigenvalue weighted by Crippen LogP contribution is -2.72. The molecule has 11 N–H and O–H groups in total. The van der Waals surface area contributed by atoms with Gasteiger partial charge in [0.1, 0.15) is 30.0 Å². The Morgan fingerprint density at radius 2 is 1.56 bits per heavy atom. The van der Waals surface area contributed by atoms with Crippen LogP contribution in [-0.4, -0.2) is 139 Å². The molecule has 2 saturated heterocycles. The summed E-state index contributed by atoms with van der Waals surface area (Å²) in [7, 11) is 5.47. The molecule has 0 bridgehead atoms. The highest BCUT2D eigenvalue weighted by atomic mass is 16.7. The Morgan fingerprint density at radius 1 is 0.971 bits per heavy atom. The number of nitrogens with one attached hydrogen (secondary N) is 1. The molecule has 2 aliphatic heterocycles. The summed E-state index contributed by atoms with van der Waals surface area (Å²) in [6.07, 6.45) is -6.94. The molecule has 0 aromatic carbocycles. The van der Waals surface area contributed by atoms with Crippen LogP contribution in [0.3, 0.4) is 0 Å². The SMILES string of the molecule is CNC1C(O)C(OC2C(N)C(O)C(N)C(OC3OC(CN(C)C)CCC3N)C2O)OCC1(C)O. The minimum atomic E-state index is -1.37. The molecule has 0 aromatic heterocycles. The van der Waals surface area contributed by atoms with Crippen molar-refractivity contribution in [3.63, 3.8) is 0 Å². The molecule has 1 aliphatic carbocycles. The first-order valence-electron chi connectivity index (χ1n) is 11.8. The summed E-state index contributed by atoms with van der Waals surface area (Å²) in [6, 6.07) is -3.31. The van der Waals surface area contributed by atoms with Gasteiger partial charge >= 0.3 is 0 Å². The lowest BCUT2D eigenvalue weighted by Gasteiger charge is -2.49. The molecule has 0 spiro atoms. The molecule has 3 fully saturated rings. The standard InChI is InChI=1S/C21H43N5O8/c1-21(30)8-31-20(15(29)18(21)25-2)34-17-12(24)13(27)11(23)16(14(17)28)33-19-10(22)6-5-9(32-19)7-26(3)4/h9-20,25,27-30H,5-8,22-24H2,1-4H3. The fraction of sp³-hybridized carbons (Fsp3) is 1.00. The lowest BCUT2D eigenvalue weighted by atomic mass is 9.81. The van der Waals surface area contributed by atoms with Gasteiger partial charge in [-0.1, -0.05) is 0 Å². The van der Waals surface area contributed by atoms with Crippen molar-refractivity contribution in [2.45, 2.75) is 98.7 Å². The van der Waals surface area contributed by atoms with Crippen molar-refractivity contribution in [2.24, 2.45) is 17.2 Å². The van der Waals surface area contributed by atoms with Gasteiger partial charge in [-0.15, -0.1) is 0 Å². The van der Waals surface area contributed by atoms with E-state index in [4.69, 9.17) is 36.1 Å². The minimum Gasteiger partial charge on any atom is -0.390 e. The maximum atomic E-state index is 11.1. The van der Waals surface area contributed by atoms with Crippen LogP contribution >= 0.6 is 0 Å². The molecule has 13 atom stereocenters. The van der Waals surface area contributed by atoms with Crippen molar-refractivity contribution in [1.29, 1.82) is 0 Å². The maximum absolute atomic E-state index is 11.1. The van der Waals surface area contributed by atoms with Gasteiger partial charge in [-0.05, 0) is 40.9 Å². The summed E-state index contributed by atoms with van der Waals surface area (Å²) in [5, 5.41) is 45.8. The van der Waals surface area contributed by atoms with E-state index in [1.807, 2.05) is 19.0 Å². The molecule has 0 amide bonds. The first kappa shape index (κ1) is 28.1. The molecule has 3 aliphatic rings. The Morgan fingerprint density at radius 3 is 2.12 bits per heavy atom. The van der Waals surface area contributed by atoms with Crippen molar-refractivity contribution < 1.29 is 39.4 Å². The van der Waals surface area contributed by atoms with Crippen molar-refractivity contribution in [1.82, 2.24) is 10.2 Å². The largest absolute Gasteiger partial charge is 0.390 e. The summed E-state index contributed by atoms with van der Waals surface area (Å²) in [5.74, 6) is 0. The third kappa shape index (κ3) is 5.89. The van der Waals surface area contributed by atoms with Crippen LogP contribution in [0.15, 0.2) is 0 Å². The zero-order valence-electron chi connectivity index (χ0n) is 20.4. The fourth-order valence-electron chi connectivity index (χ4n) is 5.05. The topological polar surface area (TPSA) is 211 Å². The Balaban J connectivity index is 1.72. The van der Waals surface area contributed by atoms with Gasteiger partial charge in [0.2, 0.25) is 0 Å². The van der Waals surface area contributed by atoms with E-state index in [1.54, 1.807) is 7.05 Å². The average molecular weight is 494 g/mol. The van der Waals surface area contributed by atoms with Crippen LogP contribution in [0.4, 0.5) is 0 Å². The summed E-state index contributed by atoms with van der Waals surface area (Å²) >= 11 is 0. The molecular weight excluding hydrogens is 450 g/mol. The third-order valence-corrected chi connectivity index (χ3v) is 7.01. The monoisotopic (exact) mass is 493 g/mol. The number of aliphatic hydroxyl groups excluding tert-OH is 3. The van der Waals surface area contributed by atoms with Crippen molar-refractivity contribution >= 4 is 0 Å². The number of hydrogen-bond acceptors (Lipinski definition) is 13. The summed E-state index contributed by atoms with van der Waals surface area (Å²) in [5.41, 5.74) is 17.2. The Hall–Kier alpha value is -0.520. The van der Waals surface area contributed by atoms with Gasteiger partial charge in [0, 0.05) is 6.54 Å². The quantitative estimate of drug-likeness (QED) is 0.168. The van der Waals surface area contributed by atoms with E-state index in [0.717, 1.165) is 6.42 Å². The molecular formula is C21H43N5O8. The van der Waals surface area contributed by atoms with Gasteiger partial charge in [0.05, 0.1) is 43.0 Å². The molecule has 13 nitrogen and oxygen atoms in total. The van der Waals surface area contributed by atoms with Gasteiger partial charge in [-0.25, -0.2) is 0 Å². The summed E-state index contributed by atoms with van der Waals surface area (Å²) in [4.78, 5) is 2.00. The summed E-state index contributed by atoms with van der Waals surface area (Å²) in [6.45, 7) is 2.08. The van der Waals surface area contributed by atoms with Crippen LogP contribution in [-0.2, 0) is 18.9 Å². The molecule has 200 valence electrons. The highest BCUT2D eigenvalue weighted by Crippen LogP contribution is 2.31. The van der Waals surface area contributed by atoms with Gasteiger partial charge in [0.15, 0.2) is 12.6 Å². The van der Waals surface area contributed by atoms with Crippen molar-refractivity contribution in [3.05, 3.63) is 0 Å².